The average Bonchev–Trinajstić information content (AvgIpc) is 3.11. The first-order valence-corrected chi connectivity index (χ1v) is 9.47. The maximum Gasteiger partial charge on any atom is 0.244 e. The Morgan fingerprint density at radius 3 is 3.00 bits per heavy atom. The van der Waals surface area contributed by atoms with Crippen LogP contribution in [0.4, 0.5) is 10.2 Å². The van der Waals surface area contributed by atoms with Crippen LogP contribution in [0.2, 0.25) is 5.28 Å². The molecule has 0 spiro atoms. The number of fused-ring (bicyclic) bond motifs is 1. The van der Waals surface area contributed by atoms with Crippen molar-refractivity contribution in [3.8, 4) is 0 Å². The lowest BCUT2D eigenvalue weighted by Gasteiger charge is -2.21. The summed E-state index contributed by atoms with van der Waals surface area (Å²) in [6, 6.07) is 3.38. The maximum atomic E-state index is 13.9. The lowest BCUT2D eigenvalue weighted by Crippen LogP contribution is -2.28. The first kappa shape index (κ1) is 18.6. The van der Waals surface area contributed by atoms with Gasteiger partial charge in [0, 0.05) is 37.3 Å². The molecule has 0 aromatic carbocycles. The molecule has 1 N–H and O–H groups in total. The number of halogens is 2. The summed E-state index contributed by atoms with van der Waals surface area (Å²) < 4.78 is 14.6. The Morgan fingerprint density at radius 2 is 2.25 bits per heavy atom. The summed E-state index contributed by atoms with van der Waals surface area (Å²) in [5.74, 6) is 1.16. The van der Waals surface area contributed by atoms with Crippen molar-refractivity contribution >= 4 is 29.4 Å². The van der Waals surface area contributed by atoms with Gasteiger partial charge in [0.2, 0.25) is 11.2 Å². The Bertz CT molecular complexity index is 913. The fourth-order valence-electron chi connectivity index (χ4n) is 3.97. The zero-order valence-corrected chi connectivity index (χ0v) is 15.7. The van der Waals surface area contributed by atoms with Crippen molar-refractivity contribution in [1.29, 1.82) is 0 Å². The van der Waals surface area contributed by atoms with Gasteiger partial charge in [-0.25, -0.2) is 9.37 Å². The first-order chi connectivity index (χ1) is 13.5. The second-order valence-corrected chi connectivity index (χ2v) is 7.46. The number of hydrogen-bond acceptors (Lipinski definition) is 5. The molecule has 9 heteroatoms. The minimum absolute atomic E-state index is 0.0462. The summed E-state index contributed by atoms with van der Waals surface area (Å²) in [6.45, 7) is 2.08. The van der Waals surface area contributed by atoms with Crippen LogP contribution in [0, 0.1) is 28.8 Å². The Kier molecular flexibility index (Phi) is 5.13. The van der Waals surface area contributed by atoms with Crippen LogP contribution in [-0.2, 0) is 4.79 Å². The van der Waals surface area contributed by atoms with Crippen molar-refractivity contribution in [2.45, 2.75) is 6.42 Å². The Morgan fingerprint density at radius 1 is 1.46 bits per heavy atom. The van der Waals surface area contributed by atoms with E-state index in [1.165, 1.54) is 18.5 Å². The van der Waals surface area contributed by atoms with Crippen LogP contribution >= 0.6 is 11.6 Å². The lowest BCUT2D eigenvalue weighted by atomic mass is 10.2. The zero-order chi connectivity index (χ0) is 19.7. The number of rotatable bonds is 6. The van der Waals surface area contributed by atoms with Gasteiger partial charge in [-0.3, -0.25) is 4.79 Å². The number of hydrogen-bond donors (Lipinski definition) is 1. The van der Waals surface area contributed by atoms with Crippen molar-refractivity contribution in [3.63, 3.8) is 0 Å². The van der Waals surface area contributed by atoms with E-state index >= 15 is 0 Å². The molecule has 3 heterocycles. The van der Waals surface area contributed by atoms with E-state index in [1.54, 1.807) is 18.2 Å². The number of carbonyl (C=O) groups excluding carboxylic acids is 1. The standard InChI is InChI=1S/C19H19ClFN5O2/c20-19-23-8-16(21)18(24-19)25-10-14-13(15(14)11-25)5-6-22-17(27)4-3-12-2-1-7-26(28)9-12/h1-4,7-9,13-15H,5-6,10-11H2,(H,22,27)/b4-3+. The van der Waals surface area contributed by atoms with Gasteiger partial charge in [-0.2, -0.15) is 9.71 Å². The summed E-state index contributed by atoms with van der Waals surface area (Å²) in [7, 11) is 0. The highest BCUT2D eigenvalue weighted by molar-refractivity contribution is 6.28. The Hall–Kier alpha value is -2.74. The molecule has 2 aromatic rings. The number of piperidine rings is 1. The molecule has 2 aliphatic rings. The van der Waals surface area contributed by atoms with Gasteiger partial charge < -0.3 is 15.4 Å². The molecule has 7 nitrogen and oxygen atoms in total. The van der Waals surface area contributed by atoms with E-state index in [0.29, 0.717) is 34.6 Å². The van der Waals surface area contributed by atoms with Crippen LogP contribution in [-0.4, -0.2) is 35.5 Å². The minimum atomic E-state index is -0.456. The topological polar surface area (TPSA) is 85.1 Å². The first-order valence-electron chi connectivity index (χ1n) is 9.09. The quantitative estimate of drug-likeness (QED) is 0.344. The van der Waals surface area contributed by atoms with E-state index in [4.69, 9.17) is 11.6 Å². The van der Waals surface area contributed by atoms with E-state index in [-0.39, 0.29) is 17.0 Å². The predicted molar refractivity (Wildman–Crippen MR) is 102 cm³/mol. The van der Waals surface area contributed by atoms with E-state index in [2.05, 4.69) is 15.3 Å². The monoisotopic (exact) mass is 403 g/mol. The molecule has 2 unspecified atom stereocenters. The SMILES string of the molecule is O=C(/C=C/c1ccc[n+]([O-])c1)NCCC1C2CN(c3nc(Cl)ncc3F)CC12. The van der Waals surface area contributed by atoms with Crippen molar-refractivity contribution in [1.82, 2.24) is 15.3 Å². The largest absolute Gasteiger partial charge is 0.619 e. The van der Waals surface area contributed by atoms with Crippen LogP contribution in [0.3, 0.4) is 0 Å². The van der Waals surface area contributed by atoms with Crippen LogP contribution in [0.5, 0.6) is 0 Å². The molecule has 1 saturated heterocycles. The highest BCUT2D eigenvalue weighted by atomic mass is 35.5. The third-order valence-electron chi connectivity index (χ3n) is 5.37. The molecule has 1 saturated carbocycles. The molecular weight excluding hydrogens is 385 g/mol. The molecule has 1 aliphatic heterocycles. The van der Waals surface area contributed by atoms with Gasteiger partial charge in [0.05, 0.1) is 6.20 Å². The smallest absolute Gasteiger partial charge is 0.244 e. The van der Waals surface area contributed by atoms with Gasteiger partial charge in [-0.15, -0.1) is 0 Å². The third kappa shape index (κ3) is 4.06. The lowest BCUT2D eigenvalue weighted by molar-refractivity contribution is -0.605. The second kappa shape index (κ2) is 7.71. The van der Waals surface area contributed by atoms with E-state index in [9.17, 15) is 14.4 Å². The molecule has 4 rings (SSSR count). The molecule has 2 atom stereocenters. The van der Waals surface area contributed by atoms with Crippen molar-refractivity contribution in [2.75, 3.05) is 24.5 Å². The van der Waals surface area contributed by atoms with Gasteiger partial charge in [0.25, 0.3) is 0 Å². The Balaban J connectivity index is 1.20. The predicted octanol–water partition coefficient (Wildman–Crippen LogP) is 1.80. The van der Waals surface area contributed by atoms with Gasteiger partial charge in [-0.05, 0) is 47.9 Å². The number of pyridine rings is 1. The molecule has 1 aliphatic carbocycles. The molecular formula is C19H19ClFN5O2. The molecule has 146 valence electrons. The molecule has 0 radical (unpaired) electrons. The van der Waals surface area contributed by atoms with Gasteiger partial charge in [0.15, 0.2) is 24.0 Å². The van der Waals surface area contributed by atoms with Gasteiger partial charge in [0.1, 0.15) is 0 Å². The molecule has 0 bridgehead atoms. The summed E-state index contributed by atoms with van der Waals surface area (Å²) in [5.41, 5.74) is 0.668. The van der Waals surface area contributed by atoms with Gasteiger partial charge in [-0.1, -0.05) is 0 Å². The zero-order valence-electron chi connectivity index (χ0n) is 15.0. The summed E-state index contributed by atoms with van der Waals surface area (Å²) in [6.07, 6.45) is 7.80. The summed E-state index contributed by atoms with van der Waals surface area (Å²) in [4.78, 5) is 21.4. The van der Waals surface area contributed by atoms with Crippen LogP contribution in [0.1, 0.15) is 12.0 Å². The van der Waals surface area contributed by atoms with Crippen molar-refractivity contribution in [3.05, 3.63) is 58.7 Å². The number of nitrogens with one attached hydrogen (secondary N) is 1. The van der Waals surface area contributed by atoms with Crippen molar-refractivity contribution < 1.29 is 13.9 Å². The summed E-state index contributed by atoms with van der Waals surface area (Å²) >= 11 is 5.76. The minimum Gasteiger partial charge on any atom is -0.619 e. The molecule has 2 fully saturated rings. The average molecular weight is 404 g/mol. The number of aromatic nitrogens is 3. The van der Waals surface area contributed by atoms with Crippen LogP contribution in [0.25, 0.3) is 6.08 Å². The number of carbonyl (C=O) groups is 1. The second-order valence-electron chi connectivity index (χ2n) is 7.12. The fourth-order valence-corrected chi connectivity index (χ4v) is 4.10. The number of nitrogens with zero attached hydrogens (tertiary/aromatic N) is 4. The normalized spacial score (nSPS) is 23.1. The molecule has 28 heavy (non-hydrogen) atoms. The van der Waals surface area contributed by atoms with E-state index in [1.807, 2.05) is 4.90 Å². The van der Waals surface area contributed by atoms with Gasteiger partial charge >= 0.3 is 0 Å². The van der Waals surface area contributed by atoms with Crippen molar-refractivity contribution in [2.24, 2.45) is 17.8 Å². The summed E-state index contributed by atoms with van der Waals surface area (Å²) in [5, 5.41) is 14.1. The highest BCUT2D eigenvalue weighted by Gasteiger charge is 2.55. The van der Waals surface area contributed by atoms with E-state index < -0.39 is 5.82 Å². The maximum absolute atomic E-state index is 13.9. The van der Waals surface area contributed by atoms with Crippen LogP contribution in [0.15, 0.2) is 36.8 Å². The highest BCUT2D eigenvalue weighted by Crippen LogP contribution is 2.54. The number of anilines is 1. The third-order valence-corrected chi connectivity index (χ3v) is 5.55. The number of amides is 1. The van der Waals surface area contributed by atoms with E-state index in [0.717, 1.165) is 25.7 Å². The Labute approximate surface area is 166 Å². The molecule has 2 aromatic heterocycles. The molecule has 1 amide bonds. The fraction of sp³-hybridized carbons (Fsp3) is 0.368. The van der Waals surface area contributed by atoms with Crippen LogP contribution < -0.4 is 14.9 Å².